The molecule has 0 radical (unpaired) electrons. The lowest BCUT2D eigenvalue weighted by molar-refractivity contribution is 0.0337. The van der Waals surface area contributed by atoms with Crippen molar-refractivity contribution in [3.8, 4) is 0 Å². The van der Waals surface area contributed by atoms with Crippen molar-refractivity contribution in [3.05, 3.63) is 35.9 Å². The summed E-state index contributed by atoms with van der Waals surface area (Å²) < 4.78 is 0. The minimum absolute atomic E-state index is 0.904. The van der Waals surface area contributed by atoms with Crippen LogP contribution in [-0.2, 0) is 6.42 Å². The third-order valence-electron chi connectivity index (χ3n) is 6.80. The second-order valence-electron chi connectivity index (χ2n) is 8.44. The Morgan fingerprint density at radius 2 is 1.58 bits per heavy atom. The third-order valence-corrected chi connectivity index (χ3v) is 6.80. The number of rotatable bonds is 4. The van der Waals surface area contributed by atoms with Gasteiger partial charge in [-0.1, -0.05) is 36.8 Å². The number of hydrogen-bond acceptors (Lipinski definition) is 2. The van der Waals surface area contributed by atoms with Crippen LogP contribution in [0.3, 0.4) is 0 Å². The number of fused-ring (bicyclic) bond motifs is 1. The molecule has 24 heavy (non-hydrogen) atoms. The predicted octanol–water partition coefficient (Wildman–Crippen LogP) is 4.21. The second-order valence-corrected chi connectivity index (χ2v) is 8.44. The van der Waals surface area contributed by atoms with Crippen LogP contribution < -0.4 is 0 Å². The first-order valence-corrected chi connectivity index (χ1v) is 10.4. The van der Waals surface area contributed by atoms with Gasteiger partial charge in [0.25, 0.3) is 0 Å². The normalized spacial score (nSPS) is 30.2. The molecule has 0 N–H and O–H groups in total. The van der Waals surface area contributed by atoms with Crippen molar-refractivity contribution in [2.24, 2.45) is 11.8 Å². The average molecular weight is 327 g/mol. The maximum atomic E-state index is 2.82. The van der Waals surface area contributed by atoms with Crippen molar-refractivity contribution in [1.82, 2.24) is 9.80 Å². The minimum atomic E-state index is 0.904. The van der Waals surface area contributed by atoms with E-state index >= 15 is 0 Å². The molecular weight excluding hydrogens is 292 g/mol. The summed E-state index contributed by atoms with van der Waals surface area (Å²) in [4.78, 5) is 5.62. The average Bonchev–Trinajstić information content (AvgIpc) is 2.65. The second kappa shape index (κ2) is 8.01. The van der Waals surface area contributed by atoms with Gasteiger partial charge < -0.3 is 9.80 Å². The summed E-state index contributed by atoms with van der Waals surface area (Å²) in [6.07, 6.45) is 11.4. The van der Waals surface area contributed by atoms with Crippen LogP contribution in [0.5, 0.6) is 0 Å². The van der Waals surface area contributed by atoms with E-state index in [4.69, 9.17) is 0 Å². The fraction of sp³-hybridized carbons (Fsp3) is 0.727. The highest BCUT2D eigenvalue weighted by atomic mass is 15.2. The van der Waals surface area contributed by atoms with E-state index in [2.05, 4.69) is 40.1 Å². The highest BCUT2D eigenvalue weighted by molar-refractivity contribution is 5.15. The fourth-order valence-electron chi connectivity index (χ4n) is 5.44. The molecule has 4 rings (SSSR count). The zero-order valence-electron chi connectivity index (χ0n) is 15.2. The molecule has 3 aliphatic rings. The summed E-state index contributed by atoms with van der Waals surface area (Å²) in [6, 6.07) is 12.0. The Kier molecular flexibility index (Phi) is 5.54. The van der Waals surface area contributed by atoms with Gasteiger partial charge in [0, 0.05) is 12.6 Å². The van der Waals surface area contributed by atoms with Gasteiger partial charge >= 0.3 is 0 Å². The maximum absolute atomic E-state index is 2.82. The van der Waals surface area contributed by atoms with Crippen molar-refractivity contribution in [2.45, 2.75) is 57.4 Å². The van der Waals surface area contributed by atoms with Crippen LogP contribution in [-0.4, -0.2) is 48.6 Å². The summed E-state index contributed by atoms with van der Waals surface area (Å²) in [7, 11) is 0. The fourth-order valence-corrected chi connectivity index (χ4v) is 5.44. The molecular formula is C22H34N2. The number of likely N-dealkylation sites (tertiary alicyclic amines) is 1. The van der Waals surface area contributed by atoms with E-state index in [0.29, 0.717) is 0 Å². The van der Waals surface area contributed by atoms with Crippen molar-refractivity contribution >= 4 is 0 Å². The molecule has 3 saturated heterocycles. The molecule has 3 heterocycles. The Morgan fingerprint density at radius 1 is 0.792 bits per heavy atom. The molecule has 3 aliphatic heterocycles. The van der Waals surface area contributed by atoms with Gasteiger partial charge in [0.05, 0.1) is 0 Å². The molecule has 0 saturated carbocycles. The Balaban J connectivity index is 1.25. The van der Waals surface area contributed by atoms with Gasteiger partial charge in [0.2, 0.25) is 0 Å². The van der Waals surface area contributed by atoms with Crippen molar-refractivity contribution < 1.29 is 0 Å². The number of nitrogens with zero attached hydrogens (tertiary/aromatic N) is 2. The lowest BCUT2D eigenvalue weighted by Crippen LogP contribution is -2.51. The first kappa shape index (κ1) is 16.6. The zero-order chi connectivity index (χ0) is 16.2. The number of benzene rings is 1. The topological polar surface area (TPSA) is 6.48 Å². The first-order valence-electron chi connectivity index (χ1n) is 10.4. The van der Waals surface area contributed by atoms with Crippen LogP contribution in [0.1, 0.15) is 50.5 Å². The summed E-state index contributed by atoms with van der Waals surface area (Å²) in [6.45, 7) is 6.79. The SMILES string of the molecule is c1ccc(CC2CCN(CC3CCCN4CCCCC34)CC2)cc1. The Bertz CT molecular complexity index is 490. The summed E-state index contributed by atoms with van der Waals surface area (Å²) in [5, 5.41) is 0. The standard InChI is InChI=1S/C22H34N2/c1-2-7-19(8-3-1)17-20-11-15-23(16-12-20)18-21-9-6-14-24-13-5-4-10-22(21)24/h1-3,7-8,20-22H,4-6,9-18H2. The van der Waals surface area contributed by atoms with E-state index in [-0.39, 0.29) is 0 Å². The van der Waals surface area contributed by atoms with E-state index in [1.807, 2.05) is 0 Å². The molecule has 0 amide bonds. The van der Waals surface area contributed by atoms with Crippen LogP contribution in [0, 0.1) is 11.8 Å². The maximum Gasteiger partial charge on any atom is 0.0136 e. The Hall–Kier alpha value is -0.860. The zero-order valence-corrected chi connectivity index (χ0v) is 15.2. The highest BCUT2D eigenvalue weighted by Gasteiger charge is 2.34. The van der Waals surface area contributed by atoms with E-state index in [1.54, 1.807) is 0 Å². The molecule has 132 valence electrons. The van der Waals surface area contributed by atoms with Crippen LogP contribution in [0.15, 0.2) is 30.3 Å². The summed E-state index contributed by atoms with van der Waals surface area (Å²) in [5.74, 6) is 1.85. The molecule has 0 spiro atoms. The molecule has 2 heteroatoms. The molecule has 0 aliphatic carbocycles. The molecule has 1 aromatic carbocycles. The number of hydrogen-bond donors (Lipinski definition) is 0. The van der Waals surface area contributed by atoms with E-state index in [9.17, 15) is 0 Å². The van der Waals surface area contributed by atoms with Gasteiger partial charge in [-0.3, -0.25) is 0 Å². The van der Waals surface area contributed by atoms with Gasteiger partial charge in [0.1, 0.15) is 0 Å². The van der Waals surface area contributed by atoms with Crippen molar-refractivity contribution in [2.75, 3.05) is 32.7 Å². The van der Waals surface area contributed by atoms with Gasteiger partial charge in [-0.15, -0.1) is 0 Å². The summed E-state index contributed by atoms with van der Waals surface area (Å²) >= 11 is 0. The largest absolute Gasteiger partial charge is 0.303 e. The van der Waals surface area contributed by atoms with E-state index < -0.39 is 0 Å². The lowest BCUT2D eigenvalue weighted by atomic mass is 9.82. The van der Waals surface area contributed by atoms with Crippen molar-refractivity contribution in [1.29, 1.82) is 0 Å². The van der Waals surface area contributed by atoms with Crippen molar-refractivity contribution in [3.63, 3.8) is 0 Å². The first-order chi connectivity index (χ1) is 11.9. The van der Waals surface area contributed by atoms with Crippen LogP contribution >= 0.6 is 0 Å². The highest BCUT2D eigenvalue weighted by Crippen LogP contribution is 2.32. The molecule has 2 nitrogen and oxygen atoms in total. The molecule has 0 aromatic heterocycles. The third kappa shape index (κ3) is 4.03. The van der Waals surface area contributed by atoms with Crippen LogP contribution in [0.25, 0.3) is 0 Å². The molecule has 2 unspecified atom stereocenters. The Morgan fingerprint density at radius 3 is 2.42 bits per heavy atom. The van der Waals surface area contributed by atoms with E-state index in [1.165, 1.54) is 89.7 Å². The quantitative estimate of drug-likeness (QED) is 0.818. The predicted molar refractivity (Wildman–Crippen MR) is 101 cm³/mol. The molecule has 0 bridgehead atoms. The molecule has 3 fully saturated rings. The van der Waals surface area contributed by atoms with Crippen LogP contribution in [0.2, 0.25) is 0 Å². The lowest BCUT2D eigenvalue weighted by Gasteiger charge is -2.46. The minimum Gasteiger partial charge on any atom is -0.303 e. The summed E-state index contributed by atoms with van der Waals surface area (Å²) in [5.41, 5.74) is 1.53. The van der Waals surface area contributed by atoms with Gasteiger partial charge in [-0.25, -0.2) is 0 Å². The molecule has 2 atom stereocenters. The smallest absolute Gasteiger partial charge is 0.0136 e. The molecule has 1 aromatic rings. The van der Waals surface area contributed by atoms with Gasteiger partial charge in [-0.05, 0) is 88.5 Å². The van der Waals surface area contributed by atoms with Gasteiger partial charge in [-0.2, -0.15) is 0 Å². The monoisotopic (exact) mass is 326 g/mol. The van der Waals surface area contributed by atoms with E-state index in [0.717, 1.165) is 17.9 Å². The number of piperidine rings is 3. The van der Waals surface area contributed by atoms with Gasteiger partial charge in [0.15, 0.2) is 0 Å². The van der Waals surface area contributed by atoms with Crippen LogP contribution in [0.4, 0.5) is 0 Å². The Labute approximate surface area is 148 Å².